The topological polar surface area (TPSA) is 85.1 Å². The Hall–Kier alpha value is -2.34. The summed E-state index contributed by atoms with van der Waals surface area (Å²) in [6.45, 7) is 0. The van der Waals surface area contributed by atoms with Crippen molar-refractivity contribution in [3.8, 4) is 0 Å². The molecule has 0 unspecified atom stereocenters. The van der Waals surface area contributed by atoms with Crippen molar-refractivity contribution in [1.82, 2.24) is 4.98 Å². The molecule has 0 aliphatic rings. The maximum Gasteiger partial charge on any atom is 0.224 e. The molecule has 2 amide bonds. The molecule has 126 valence electrons. The summed E-state index contributed by atoms with van der Waals surface area (Å²) >= 11 is 1.51. The van der Waals surface area contributed by atoms with E-state index in [9.17, 15) is 9.59 Å². The Balaban J connectivity index is 1.81. The maximum absolute atomic E-state index is 12.1. The molecule has 0 saturated carbocycles. The number of carbonyl (C=O) groups excluding carboxylic acids is 2. The SMILES string of the molecule is NC(=O)CCSc1ccccc1NC(=O)CCCc1ccccn1. The molecule has 2 rings (SSSR count). The Bertz CT molecular complexity index is 677. The number of aryl methyl sites for hydroxylation is 1. The van der Waals surface area contributed by atoms with E-state index in [1.54, 1.807) is 6.20 Å². The van der Waals surface area contributed by atoms with E-state index in [1.807, 2.05) is 42.5 Å². The second-order valence-electron chi connectivity index (χ2n) is 5.28. The number of amides is 2. The summed E-state index contributed by atoms with van der Waals surface area (Å²) in [5, 5.41) is 2.94. The molecule has 24 heavy (non-hydrogen) atoms. The number of hydrogen-bond donors (Lipinski definition) is 2. The van der Waals surface area contributed by atoms with Gasteiger partial charge in [0, 0.05) is 35.4 Å². The lowest BCUT2D eigenvalue weighted by Crippen LogP contribution is -2.13. The van der Waals surface area contributed by atoms with Crippen LogP contribution in [0.25, 0.3) is 0 Å². The van der Waals surface area contributed by atoms with Gasteiger partial charge < -0.3 is 11.1 Å². The molecule has 1 aromatic carbocycles. The number of rotatable bonds is 9. The molecule has 0 radical (unpaired) electrons. The smallest absolute Gasteiger partial charge is 0.224 e. The second-order valence-corrected chi connectivity index (χ2v) is 6.42. The standard InChI is InChI=1S/C18H21N3O2S/c19-17(22)11-13-24-16-9-2-1-8-15(16)21-18(23)10-5-7-14-6-3-4-12-20-14/h1-4,6,8-9,12H,5,7,10-11,13H2,(H2,19,22)(H,21,23). The second kappa shape index (κ2) is 9.72. The average molecular weight is 343 g/mol. The molecule has 1 heterocycles. The van der Waals surface area contributed by atoms with Gasteiger partial charge in [-0.05, 0) is 37.1 Å². The lowest BCUT2D eigenvalue weighted by Gasteiger charge is -2.10. The van der Waals surface area contributed by atoms with E-state index in [2.05, 4.69) is 10.3 Å². The molecule has 6 heteroatoms. The predicted molar refractivity (Wildman–Crippen MR) is 96.8 cm³/mol. The molecule has 0 fully saturated rings. The number of primary amides is 1. The fraction of sp³-hybridized carbons (Fsp3) is 0.278. The van der Waals surface area contributed by atoms with Crippen LogP contribution in [0.4, 0.5) is 5.69 Å². The summed E-state index contributed by atoms with van der Waals surface area (Å²) in [4.78, 5) is 28.1. The van der Waals surface area contributed by atoms with Gasteiger partial charge in [-0.3, -0.25) is 14.6 Å². The fourth-order valence-corrected chi connectivity index (χ4v) is 3.12. The largest absolute Gasteiger partial charge is 0.370 e. The number of nitrogens with one attached hydrogen (secondary N) is 1. The summed E-state index contributed by atoms with van der Waals surface area (Å²) in [6.07, 6.45) is 4.05. The van der Waals surface area contributed by atoms with Crippen molar-refractivity contribution in [3.63, 3.8) is 0 Å². The number of aromatic nitrogens is 1. The van der Waals surface area contributed by atoms with Crippen molar-refractivity contribution in [2.45, 2.75) is 30.6 Å². The van der Waals surface area contributed by atoms with Gasteiger partial charge in [-0.25, -0.2) is 0 Å². The summed E-state index contributed by atoms with van der Waals surface area (Å²) in [5.74, 6) is 0.259. The Labute approximate surface area is 146 Å². The molecule has 3 N–H and O–H groups in total. The van der Waals surface area contributed by atoms with E-state index in [0.717, 1.165) is 29.1 Å². The van der Waals surface area contributed by atoms with Crippen LogP contribution in [0.5, 0.6) is 0 Å². The first-order valence-electron chi connectivity index (χ1n) is 7.85. The van der Waals surface area contributed by atoms with E-state index in [-0.39, 0.29) is 11.8 Å². The van der Waals surface area contributed by atoms with Gasteiger partial charge in [0.15, 0.2) is 0 Å². The zero-order valence-electron chi connectivity index (χ0n) is 13.4. The normalized spacial score (nSPS) is 10.3. The molecule has 2 aromatic rings. The molecule has 0 aliphatic heterocycles. The van der Waals surface area contributed by atoms with Crippen LogP contribution in [0.3, 0.4) is 0 Å². The van der Waals surface area contributed by atoms with Crippen LogP contribution in [0.15, 0.2) is 53.6 Å². The van der Waals surface area contributed by atoms with Crippen LogP contribution in [0.2, 0.25) is 0 Å². The summed E-state index contributed by atoms with van der Waals surface area (Å²) in [6, 6.07) is 13.4. The highest BCUT2D eigenvalue weighted by molar-refractivity contribution is 7.99. The number of pyridine rings is 1. The molecule has 0 aliphatic carbocycles. The zero-order chi connectivity index (χ0) is 17.2. The quantitative estimate of drug-likeness (QED) is 0.685. The third-order valence-electron chi connectivity index (χ3n) is 3.33. The van der Waals surface area contributed by atoms with Crippen molar-refractivity contribution < 1.29 is 9.59 Å². The van der Waals surface area contributed by atoms with Gasteiger partial charge in [-0.2, -0.15) is 0 Å². The summed E-state index contributed by atoms with van der Waals surface area (Å²) in [7, 11) is 0. The van der Waals surface area contributed by atoms with Crippen LogP contribution in [0, 0.1) is 0 Å². The highest BCUT2D eigenvalue weighted by Gasteiger charge is 2.08. The number of benzene rings is 1. The maximum atomic E-state index is 12.1. The molecule has 0 spiro atoms. The van der Waals surface area contributed by atoms with Gasteiger partial charge in [0.2, 0.25) is 11.8 Å². The molecular weight excluding hydrogens is 322 g/mol. The molecule has 0 atom stereocenters. The number of para-hydroxylation sites is 1. The van der Waals surface area contributed by atoms with Crippen molar-refractivity contribution in [1.29, 1.82) is 0 Å². The van der Waals surface area contributed by atoms with Gasteiger partial charge in [0.1, 0.15) is 0 Å². The minimum Gasteiger partial charge on any atom is -0.370 e. The van der Waals surface area contributed by atoms with Crippen molar-refractivity contribution in [3.05, 3.63) is 54.4 Å². The minimum absolute atomic E-state index is 0.0196. The van der Waals surface area contributed by atoms with Gasteiger partial charge in [-0.1, -0.05) is 18.2 Å². The molecule has 0 saturated heterocycles. The van der Waals surface area contributed by atoms with Gasteiger partial charge >= 0.3 is 0 Å². The van der Waals surface area contributed by atoms with Crippen LogP contribution >= 0.6 is 11.8 Å². The van der Waals surface area contributed by atoms with Crippen molar-refractivity contribution in [2.24, 2.45) is 5.73 Å². The van der Waals surface area contributed by atoms with Crippen molar-refractivity contribution >= 4 is 29.3 Å². The Morgan fingerprint density at radius 2 is 1.88 bits per heavy atom. The summed E-state index contributed by atoms with van der Waals surface area (Å²) in [5.41, 5.74) is 6.92. The highest BCUT2D eigenvalue weighted by Crippen LogP contribution is 2.27. The first-order valence-corrected chi connectivity index (χ1v) is 8.83. The van der Waals surface area contributed by atoms with E-state index < -0.39 is 0 Å². The molecular formula is C18H21N3O2S. The number of nitrogens with zero attached hydrogens (tertiary/aromatic N) is 1. The molecule has 5 nitrogen and oxygen atoms in total. The number of carbonyl (C=O) groups is 2. The predicted octanol–water partition coefficient (Wildman–Crippen LogP) is 3.01. The van der Waals surface area contributed by atoms with Crippen LogP contribution in [-0.4, -0.2) is 22.6 Å². The Morgan fingerprint density at radius 1 is 1.08 bits per heavy atom. The van der Waals surface area contributed by atoms with Crippen LogP contribution in [-0.2, 0) is 16.0 Å². The van der Waals surface area contributed by atoms with E-state index in [1.165, 1.54) is 11.8 Å². The van der Waals surface area contributed by atoms with Crippen LogP contribution in [0.1, 0.15) is 25.0 Å². The summed E-state index contributed by atoms with van der Waals surface area (Å²) < 4.78 is 0. The van der Waals surface area contributed by atoms with E-state index in [4.69, 9.17) is 5.73 Å². The molecule has 0 bridgehead atoms. The Morgan fingerprint density at radius 3 is 2.62 bits per heavy atom. The highest BCUT2D eigenvalue weighted by atomic mass is 32.2. The third-order valence-corrected chi connectivity index (χ3v) is 4.41. The molecule has 1 aromatic heterocycles. The van der Waals surface area contributed by atoms with E-state index in [0.29, 0.717) is 18.6 Å². The minimum atomic E-state index is -0.321. The third kappa shape index (κ3) is 6.42. The Kier molecular flexibility index (Phi) is 7.29. The number of hydrogen-bond acceptors (Lipinski definition) is 4. The monoisotopic (exact) mass is 343 g/mol. The lowest BCUT2D eigenvalue weighted by molar-refractivity contribution is -0.118. The first kappa shape index (κ1) is 18.0. The number of thioether (sulfide) groups is 1. The van der Waals surface area contributed by atoms with Gasteiger partial charge in [0.05, 0.1) is 5.69 Å². The number of anilines is 1. The zero-order valence-corrected chi connectivity index (χ0v) is 14.2. The van der Waals surface area contributed by atoms with E-state index >= 15 is 0 Å². The van der Waals surface area contributed by atoms with Crippen molar-refractivity contribution in [2.75, 3.05) is 11.1 Å². The lowest BCUT2D eigenvalue weighted by atomic mass is 10.1. The number of nitrogens with two attached hydrogens (primary N) is 1. The average Bonchev–Trinajstić information content (AvgIpc) is 2.57. The van der Waals surface area contributed by atoms with Gasteiger partial charge in [0.25, 0.3) is 0 Å². The van der Waals surface area contributed by atoms with Gasteiger partial charge in [-0.15, -0.1) is 11.8 Å². The van der Waals surface area contributed by atoms with Crippen LogP contribution < -0.4 is 11.1 Å². The first-order chi connectivity index (χ1) is 11.6. The fourth-order valence-electron chi connectivity index (χ4n) is 2.15.